The van der Waals surface area contributed by atoms with Gasteiger partial charge in [-0.3, -0.25) is 18.6 Å². The van der Waals surface area contributed by atoms with Crippen LogP contribution in [0.1, 0.15) is 431 Å². The third-order valence-corrected chi connectivity index (χ3v) is 19.8. The number of phosphoric ester groups is 1. The number of phosphoric acid groups is 1. The van der Waals surface area contributed by atoms with Gasteiger partial charge >= 0.3 is 19.8 Å². The monoisotopic (exact) mass is 1370 g/mol. The third kappa shape index (κ3) is 80.4. The van der Waals surface area contributed by atoms with Gasteiger partial charge in [0.2, 0.25) is 0 Å². The minimum absolute atomic E-state index is 0.0541. The molecule has 0 aromatic carbocycles. The number of hydrogen-bond acceptors (Lipinski definition) is 8. The fourth-order valence-corrected chi connectivity index (χ4v) is 13.5. The highest BCUT2D eigenvalue weighted by atomic mass is 31.2. The van der Waals surface area contributed by atoms with Crippen molar-refractivity contribution in [1.82, 2.24) is 0 Å². The summed E-state index contributed by atoms with van der Waals surface area (Å²) in [6.45, 7) is 3.71. The summed E-state index contributed by atoms with van der Waals surface area (Å²) in [6, 6.07) is 0. The summed E-state index contributed by atoms with van der Waals surface area (Å²) < 4.78 is 33.3. The van der Waals surface area contributed by atoms with Crippen molar-refractivity contribution in [3.63, 3.8) is 0 Å². The average Bonchev–Trinajstić information content (AvgIpc) is 3.50. The Morgan fingerprint density at radius 2 is 0.573 bits per heavy atom. The van der Waals surface area contributed by atoms with Gasteiger partial charge in [0.1, 0.15) is 6.61 Å². The van der Waals surface area contributed by atoms with Gasteiger partial charge in [-0.25, -0.2) is 4.57 Å². The van der Waals surface area contributed by atoms with E-state index in [1.807, 2.05) is 0 Å². The number of carbonyl (C=O) groups excluding carboxylic acids is 2. The third-order valence-electron chi connectivity index (χ3n) is 18.9. The fourth-order valence-electron chi connectivity index (χ4n) is 12.7. The molecule has 0 aromatic rings. The van der Waals surface area contributed by atoms with Crippen LogP contribution in [-0.2, 0) is 32.7 Å². The van der Waals surface area contributed by atoms with E-state index in [0.29, 0.717) is 6.42 Å². The van der Waals surface area contributed by atoms with Gasteiger partial charge in [0.25, 0.3) is 0 Å². The van der Waals surface area contributed by atoms with E-state index in [2.05, 4.69) is 86.8 Å². The zero-order valence-electron chi connectivity index (χ0n) is 63.6. The molecule has 10 heteroatoms. The number of allylic oxidation sites excluding steroid dienone is 12. The van der Waals surface area contributed by atoms with Crippen LogP contribution in [-0.4, -0.2) is 49.3 Å². The molecule has 0 rings (SSSR count). The van der Waals surface area contributed by atoms with Gasteiger partial charge in [0.15, 0.2) is 6.10 Å². The molecule has 0 aliphatic rings. The van der Waals surface area contributed by atoms with E-state index in [1.54, 1.807) is 0 Å². The minimum atomic E-state index is -4.40. The number of hydrogen-bond donors (Lipinski definition) is 2. The first-order valence-electron chi connectivity index (χ1n) is 41.9. The molecule has 9 nitrogen and oxygen atoms in total. The van der Waals surface area contributed by atoms with Crippen molar-refractivity contribution in [3.8, 4) is 0 Å². The molecule has 0 aliphatic heterocycles. The van der Waals surface area contributed by atoms with E-state index in [4.69, 9.17) is 24.3 Å². The molecule has 0 spiro atoms. The Bertz CT molecular complexity index is 1810. The van der Waals surface area contributed by atoms with Crippen LogP contribution in [0.15, 0.2) is 72.9 Å². The van der Waals surface area contributed by atoms with Gasteiger partial charge in [-0.1, -0.05) is 427 Å². The van der Waals surface area contributed by atoms with Crippen LogP contribution in [0, 0.1) is 0 Å². The summed E-state index contributed by atoms with van der Waals surface area (Å²) >= 11 is 0. The lowest BCUT2D eigenvalue weighted by Gasteiger charge is -2.19. The summed E-state index contributed by atoms with van der Waals surface area (Å²) in [5.41, 5.74) is 5.42. The van der Waals surface area contributed by atoms with Crippen LogP contribution >= 0.6 is 7.82 Å². The smallest absolute Gasteiger partial charge is 0.462 e. The van der Waals surface area contributed by atoms with E-state index in [9.17, 15) is 19.0 Å². The molecule has 0 fully saturated rings. The van der Waals surface area contributed by atoms with Crippen LogP contribution in [0.3, 0.4) is 0 Å². The van der Waals surface area contributed by atoms with Crippen LogP contribution in [0.5, 0.6) is 0 Å². The van der Waals surface area contributed by atoms with E-state index < -0.39 is 26.5 Å². The van der Waals surface area contributed by atoms with Crippen molar-refractivity contribution in [1.29, 1.82) is 0 Å². The molecule has 0 bridgehead atoms. The highest BCUT2D eigenvalue weighted by Gasteiger charge is 2.26. The van der Waals surface area contributed by atoms with E-state index in [1.165, 1.54) is 321 Å². The summed E-state index contributed by atoms with van der Waals surface area (Å²) in [7, 11) is -4.40. The van der Waals surface area contributed by atoms with E-state index >= 15 is 0 Å². The van der Waals surface area contributed by atoms with Crippen LogP contribution in [0.25, 0.3) is 0 Å². The number of nitrogens with two attached hydrogens (primary N) is 1. The van der Waals surface area contributed by atoms with E-state index in [0.717, 1.165) is 77.0 Å². The Hall–Kier alpha value is -2.55. The van der Waals surface area contributed by atoms with Gasteiger partial charge < -0.3 is 20.1 Å². The average molecular weight is 1370 g/mol. The summed E-state index contributed by atoms with van der Waals surface area (Å²) in [5.74, 6) is -0.807. The van der Waals surface area contributed by atoms with Crippen molar-refractivity contribution in [2.24, 2.45) is 5.73 Å². The predicted molar refractivity (Wildman–Crippen MR) is 418 cm³/mol. The molecule has 0 radical (unpaired) electrons. The Kier molecular flexibility index (Phi) is 79.3. The van der Waals surface area contributed by atoms with Crippen molar-refractivity contribution in [2.45, 2.75) is 437 Å². The Morgan fingerprint density at radius 3 is 0.854 bits per heavy atom. The lowest BCUT2D eigenvalue weighted by molar-refractivity contribution is -0.161. The normalized spacial score (nSPS) is 13.2. The molecule has 2 unspecified atom stereocenters. The topological polar surface area (TPSA) is 134 Å². The molecule has 0 heterocycles. The van der Waals surface area contributed by atoms with Crippen molar-refractivity contribution >= 4 is 19.8 Å². The molecule has 562 valence electrons. The first kappa shape index (κ1) is 93.5. The Balaban J connectivity index is 3.74. The van der Waals surface area contributed by atoms with E-state index in [-0.39, 0.29) is 38.6 Å². The predicted octanol–water partition coefficient (Wildman–Crippen LogP) is 28.3. The molecule has 2 atom stereocenters. The summed E-state index contributed by atoms with van der Waals surface area (Å²) in [6.07, 6.45) is 109. The number of unbranched alkanes of at least 4 members (excludes halogenated alkanes) is 55. The summed E-state index contributed by atoms with van der Waals surface area (Å²) in [5, 5.41) is 0. The zero-order valence-corrected chi connectivity index (χ0v) is 64.5. The first-order chi connectivity index (χ1) is 47.3. The van der Waals surface area contributed by atoms with Crippen LogP contribution < -0.4 is 5.73 Å². The molecule has 0 saturated carbocycles. The lowest BCUT2D eigenvalue weighted by atomic mass is 10.0. The van der Waals surface area contributed by atoms with Gasteiger partial charge in [0.05, 0.1) is 13.2 Å². The summed E-state index contributed by atoms with van der Waals surface area (Å²) in [4.78, 5) is 35.5. The second-order valence-electron chi connectivity index (χ2n) is 28.3. The van der Waals surface area contributed by atoms with Gasteiger partial charge in [-0.2, -0.15) is 0 Å². The molecule has 0 aliphatic carbocycles. The highest BCUT2D eigenvalue weighted by molar-refractivity contribution is 7.47. The number of rotatable bonds is 80. The van der Waals surface area contributed by atoms with Gasteiger partial charge in [-0.15, -0.1) is 0 Å². The Labute approximate surface area is 596 Å². The van der Waals surface area contributed by atoms with Crippen LogP contribution in [0.4, 0.5) is 0 Å². The molecule has 0 amide bonds. The SMILES string of the molecule is CC/C=C\C/C=C\C/C=C\C/C=C\C/C=C\C/C=C\CCCCCCCCCCCCCCCCCCC(=O)OC(COC(=O)CCCCCCCCCCCCCCCCCCCCCCCCCCCCCCCCCCCCCCCCCC)COP(=O)(O)OCCN. The molecular weight excluding hydrogens is 1210 g/mol. The standard InChI is InChI=1S/C86H160NO8P/c1-3-5-7-9-11-13-15-17-19-21-23-25-27-29-31-33-35-37-39-40-41-42-43-45-46-48-50-52-54-56-58-60-62-64-66-68-70-72-74-76-78-85(88)92-82-84(83-94-96(90,91)93-81-80-87)95-86(89)79-77-75-73-71-69-67-65-63-61-59-57-55-53-51-49-47-44-38-36-34-32-30-28-26-24-22-20-18-16-14-12-10-8-6-4-2/h6,8,12,14,18,20,24,26,30,32,36,38,84H,3-5,7,9-11,13,15-17,19,21-23,25,27-29,31,33-35,37,39-83,87H2,1-2H3,(H,90,91)/b8-6-,14-12-,20-18-,26-24-,32-30-,38-36-. The quantitative estimate of drug-likeness (QED) is 0.0264. The molecule has 0 saturated heterocycles. The van der Waals surface area contributed by atoms with Gasteiger partial charge in [0, 0.05) is 19.4 Å². The Morgan fingerprint density at radius 1 is 0.323 bits per heavy atom. The van der Waals surface area contributed by atoms with Crippen molar-refractivity contribution in [3.05, 3.63) is 72.9 Å². The van der Waals surface area contributed by atoms with Crippen molar-refractivity contribution in [2.75, 3.05) is 26.4 Å². The van der Waals surface area contributed by atoms with Crippen molar-refractivity contribution < 1.29 is 37.6 Å². The maximum absolute atomic E-state index is 12.8. The highest BCUT2D eigenvalue weighted by Crippen LogP contribution is 2.43. The number of carbonyl (C=O) groups is 2. The molecule has 0 aromatic heterocycles. The van der Waals surface area contributed by atoms with Crippen LogP contribution in [0.2, 0.25) is 0 Å². The maximum atomic E-state index is 12.8. The first-order valence-corrected chi connectivity index (χ1v) is 43.4. The second-order valence-corrected chi connectivity index (χ2v) is 29.8. The number of ether oxygens (including phenoxy) is 2. The second kappa shape index (κ2) is 81.4. The fraction of sp³-hybridized carbons (Fsp3) is 0.837. The largest absolute Gasteiger partial charge is 0.472 e. The minimum Gasteiger partial charge on any atom is -0.462 e. The number of esters is 2. The molecule has 96 heavy (non-hydrogen) atoms. The molecule has 3 N–H and O–H groups in total. The van der Waals surface area contributed by atoms with Gasteiger partial charge in [-0.05, 0) is 64.2 Å². The molecular formula is C86H160NO8P. The maximum Gasteiger partial charge on any atom is 0.472 e. The lowest BCUT2D eigenvalue weighted by Crippen LogP contribution is -2.29. The zero-order chi connectivity index (χ0) is 69.3.